The minimum atomic E-state index is -0.0840. The fourth-order valence-corrected chi connectivity index (χ4v) is 4.49. The highest BCUT2D eigenvalue weighted by molar-refractivity contribution is 5.94. The Bertz CT molecular complexity index is 703. The van der Waals surface area contributed by atoms with Crippen molar-refractivity contribution in [1.82, 2.24) is 15.2 Å². The molecule has 1 N–H and O–H groups in total. The highest BCUT2D eigenvalue weighted by Crippen LogP contribution is 2.41. The molecule has 26 heavy (non-hydrogen) atoms. The topological polar surface area (TPSA) is 65.5 Å². The Kier molecular flexibility index (Phi) is 4.59. The third-order valence-corrected chi connectivity index (χ3v) is 6.14. The van der Waals surface area contributed by atoms with Crippen LogP contribution in [0.1, 0.15) is 48.9 Å². The summed E-state index contributed by atoms with van der Waals surface area (Å²) in [5.74, 6) is 1.86. The van der Waals surface area contributed by atoms with Crippen molar-refractivity contribution in [1.29, 1.82) is 0 Å². The molecule has 0 bridgehead atoms. The Morgan fingerprint density at radius 1 is 1.35 bits per heavy atom. The van der Waals surface area contributed by atoms with Crippen LogP contribution in [0.4, 0.5) is 5.82 Å². The molecule has 4 rings (SSSR count). The van der Waals surface area contributed by atoms with Crippen molar-refractivity contribution in [3.63, 3.8) is 0 Å². The first-order valence-electron chi connectivity index (χ1n) is 9.79. The maximum absolute atomic E-state index is 12.3. The van der Waals surface area contributed by atoms with Gasteiger partial charge in [-0.2, -0.15) is 0 Å². The molecule has 1 aromatic heterocycles. The van der Waals surface area contributed by atoms with Gasteiger partial charge in [0.25, 0.3) is 5.91 Å². The summed E-state index contributed by atoms with van der Waals surface area (Å²) in [5.41, 5.74) is 0.817. The van der Waals surface area contributed by atoms with Crippen LogP contribution in [-0.4, -0.2) is 54.9 Å². The maximum Gasteiger partial charge on any atom is 0.251 e. The van der Waals surface area contributed by atoms with Crippen LogP contribution in [-0.2, 0) is 4.79 Å². The van der Waals surface area contributed by atoms with Crippen molar-refractivity contribution in [3.8, 4) is 0 Å². The molecule has 6 nitrogen and oxygen atoms in total. The molecule has 3 fully saturated rings. The highest BCUT2D eigenvalue weighted by Gasteiger charge is 2.43. The molecule has 6 heteroatoms. The number of anilines is 1. The fourth-order valence-electron chi connectivity index (χ4n) is 4.49. The van der Waals surface area contributed by atoms with E-state index in [0.29, 0.717) is 17.9 Å². The first-order valence-corrected chi connectivity index (χ1v) is 9.79. The number of hydrogen-bond acceptors (Lipinski definition) is 4. The van der Waals surface area contributed by atoms with Crippen molar-refractivity contribution >= 4 is 17.6 Å². The lowest BCUT2D eigenvalue weighted by molar-refractivity contribution is -0.138. The van der Waals surface area contributed by atoms with E-state index in [4.69, 9.17) is 0 Å². The average molecular weight is 356 g/mol. The SMILES string of the molecule is CNC(=O)c1ccnc(N2CCC[C@]3(CCC(=O)N(CC4CC4)C3)C2)c1. The van der Waals surface area contributed by atoms with Gasteiger partial charge in [-0.05, 0) is 50.2 Å². The summed E-state index contributed by atoms with van der Waals surface area (Å²) >= 11 is 0. The normalized spacial score (nSPS) is 26.3. The molecule has 2 saturated heterocycles. The van der Waals surface area contributed by atoms with Crippen LogP contribution >= 0.6 is 0 Å². The van der Waals surface area contributed by atoms with Gasteiger partial charge in [-0.1, -0.05) is 0 Å². The zero-order chi connectivity index (χ0) is 18.1. The van der Waals surface area contributed by atoms with E-state index in [2.05, 4.69) is 20.1 Å². The van der Waals surface area contributed by atoms with Gasteiger partial charge in [0.2, 0.25) is 5.91 Å². The van der Waals surface area contributed by atoms with Crippen LogP contribution in [0, 0.1) is 11.3 Å². The number of carbonyl (C=O) groups is 2. The number of hydrogen-bond donors (Lipinski definition) is 1. The van der Waals surface area contributed by atoms with E-state index in [1.54, 1.807) is 19.3 Å². The van der Waals surface area contributed by atoms with E-state index in [9.17, 15) is 9.59 Å². The molecule has 1 saturated carbocycles. The summed E-state index contributed by atoms with van der Waals surface area (Å²) in [6.07, 6.45) is 8.19. The largest absolute Gasteiger partial charge is 0.356 e. The Labute approximate surface area is 155 Å². The van der Waals surface area contributed by atoms with Gasteiger partial charge in [0.1, 0.15) is 5.82 Å². The number of nitrogens with zero attached hydrogens (tertiary/aromatic N) is 3. The number of pyridine rings is 1. The van der Waals surface area contributed by atoms with Crippen molar-refractivity contribution < 1.29 is 9.59 Å². The number of aromatic nitrogens is 1. The van der Waals surface area contributed by atoms with Crippen LogP contribution in [0.15, 0.2) is 18.3 Å². The average Bonchev–Trinajstić information content (AvgIpc) is 3.49. The first-order chi connectivity index (χ1) is 12.6. The van der Waals surface area contributed by atoms with Crippen LogP contribution in [0.2, 0.25) is 0 Å². The second kappa shape index (κ2) is 6.89. The Morgan fingerprint density at radius 3 is 2.96 bits per heavy atom. The standard InChI is InChI=1S/C20H28N4O2/c1-21-19(26)16-6-9-22-17(11-16)23-10-2-7-20(13-23)8-5-18(25)24(14-20)12-15-3-4-15/h6,9,11,15H,2-5,7-8,10,12-14H2,1H3,(H,21,26)/t20-/m0/s1. The summed E-state index contributed by atoms with van der Waals surface area (Å²) in [7, 11) is 1.64. The number of carbonyl (C=O) groups excluding carboxylic acids is 2. The first kappa shape index (κ1) is 17.3. The Hall–Kier alpha value is -2.11. The van der Waals surface area contributed by atoms with Crippen molar-refractivity contribution in [2.75, 3.05) is 38.1 Å². The molecular weight excluding hydrogens is 328 g/mol. The van der Waals surface area contributed by atoms with E-state index in [1.807, 2.05) is 6.07 Å². The predicted octanol–water partition coefficient (Wildman–Crippen LogP) is 2.06. The van der Waals surface area contributed by atoms with Crippen molar-refractivity contribution in [2.45, 2.75) is 38.5 Å². The molecule has 1 spiro atoms. The number of likely N-dealkylation sites (tertiary alicyclic amines) is 1. The van der Waals surface area contributed by atoms with E-state index < -0.39 is 0 Å². The Balaban J connectivity index is 1.50. The van der Waals surface area contributed by atoms with Gasteiger partial charge in [0.05, 0.1) is 0 Å². The van der Waals surface area contributed by atoms with E-state index >= 15 is 0 Å². The third kappa shape index (κ3) is 3.55. The second-order valence-corrected chi connectivity index (χ2v) is 8.22. The molecule has 0 radical (unpaired) electrons. The van der Waals surface area contributed by atoms with Gasteiger partial charge in [0, 0.05) is 56.8 Å². The number of piperidine rings is 2. The summed E-state index contributed by atoms with van der Waals surface area (Å²) in [6, 6.07) is 3.63. The van der Waals surface area contributed by atoms with Gasteiger partial charge in [-0.3, -0.25) is 9.59 Å². The summed E-state index contributed by atoms with van der Waals surface area (Å²) in [4.78, 5) is 33.2. The highest BCUT2D eigenvalue weighted by atomic mass is 16.2. The molecule has 3 aliphatic rings. The van der Waals surface area contributed by atoms with Gasteiger partial charge < -0.3 is 15.1 Å². The third-order valence-electron chi connectivity index (χ3n) is 6.14. The molecular formula is C20H28N4O2. The lowest BCUT2D eigenvalue weighted by atomic mass is 9.73. The van der Waals surface area contributed by atoms with E-state index in [-0.39, 0.29) is 11.3 Å². The van der Waals surface area contributed by atoms with Crippen LogP contribution in [0.5, 0.6) is 0 Å². The molecule has 0 unspecified atom stereocenters. The molecule has 1 aliphatic carbocycles. The molecule has 1 atom stereocenters. The van der Waals surface area contributed by atoms with E-state index in [0.717, 1.165) is 50.8 Å². The van der Waals surface area contributed by atoms with Gasteiger partial charge in [-0.15, -0.1) is 0 Å². The molecule has 1 aromatic rings. The lowest BCUT2D eigenvalue weighted by Gasteiger charge is -2.48. The van der Waals surface area contributed by atoms with Crippen LogP contribution < -0.4 is 10.2 Å². The smallest absolute Gasteiger partial charge is 0.251 e. The Morgan fingerprint density at radius 2 is 2.19 bits per heavy atom. The van der Waals surface area contributed by atoms with Gasteiger partial charge in [0.15, 0.2) is 0 Å². The van der Waals surface area contributed by atoms with Crippen molar-refractivity contribution in [2.24, 2.45) is 11.3 Å². The minimum Gasteiger partial charge on any atom is -0.356 e. The molecule has 2 amide bonds. The molecule has 3 heterocycles. The fraction of sp³-hybridized carbons (Fsp3) is 0.650. The predicted molar refractivity (Wildman–Crippen MR) is 100 cm³/mol. The maximum atomic E-state index is 12.3. The molecule has 0 aromatic carbocycles. The molecule has 140 valence electrons. The van der Waals surface area contributed by atoms with Crippen LogP contribution in [0.25, 0.3) is 0 Å². The van der Waals surface area contributed by atoms with Crippen molar-refractivity contribution in [3.05, 3.63) is 23.9 Å². The van der Waals surface area contributed by atoms with Gasteiger partial charge >= 0.3 is 0 Å². The second-order valence-electron chi connectivity index (χ2n) is 8.22. The number of nitrogens with one attached hydrogen (secondary N) is 1. The van der Waals surface area contributed by atoms with Crippen LogP contribution in [0.3, 0.4) is 0 Å². The lowest BCUT2D eigenvalue weighted by Crippen LogP contribution is -2.54. The minimum absolute atomic E-state index is 0.0840. The quantitative estimate of drug-likeness (QED) is 0.897. The van der Waals surface area contributed by atoms with E-state index in [1.165, 1.54) is 19.3 Å². The summed E-state index contributed by atoms with van der Waals surface area (Å²) in [5, 5.41) is 2.67. The number of rotatable bonds is 4. The number of amides is 2. The van der Waals surface area contributed by atoms with Gasteiger partial charge in [-0.25, -0.2) is 4.98 Å². The monoisotopic (exact) mass is 356 g/mol. The summed E-state index contributed by atoms with van der Waals surface area (Å²) < 4.78 is 0. The molecule has 2 aliphatic heterocycles. The summed E-state index contributed by atoms with van der Waals surface area (Å²) in [6.45, 7) is 3.72. The zero-order valence-electron chi connectivity index (χ0n) is 15.5. The zero-order valence-corrected chi connectivity index (χ0v) is 15.5.